The van der Waals surface area contributed by atoms with Crippen LogP contribution in [0.25, 0.3) is 21.3 Å². The zero-order valence-corrected chi connectivity index (χ0v) is 16.7. The van der Waals surface area contributed by atoms with Crippen molar-refractivity contribution in [3.8, 4) is 16.5 Å². The number of Topliss-reactive ketones (excluding diaryl/α,β-unsaturated/α-hetero) is 1. The lowest BCUT2D eigenvalue weighted by Gasteiger charge is -2.09. The second-order valence-electron chi connectivity index (χ2n) is 6.87. The molecule has 0 aliphatic rings. The van der Waals surface area contributed by atoms with Crippen molar-refractivity contribution >= 4 is 33.9 Å². The van der Waals surface area contributed by atoms with Gasteiger partial charge in [-0.1, -0.05) is 73.7 Å². The molecule has 0 radical (unpaired) electrons. The van der Waals surface area contributed by atoms with Gasteiger partial charge in [0.25, 0.3) is 0 Å². The van der Waals surface area contributed by atoms with Gasteiger partial charge in [0, 0.05) is 17.5 Å². The van der Waals surface area contributed by atoms with Crippen LogP contribution in [0.1, 0.15) is 23.7 Å². The summed E-state index contributed by atoms with van der Waals surface area (Å²) in [5, 5.41) is 4.57. The number of benzene rings is 3. The molecule has 0 saturated carbocycles. The van der Waals surface area contributed by atoms with Crippen LogP contribution in [0.3, 0.4) is 0 Å². The smallest absolute Gasteiger partial charge is 0.315 e. The number of hydrogen-bond donors (Lipinski definition) is 0. The summed E-state index contributed by atoms with van der Waals surface area (Å²) in [4.78, 5) is 29.4. The summed E-state index contributed by atoms with van der Waals surface area (Å²) in [7, 11) is 0. The molecule has 3 aromatic carbocycles. The van der Waals surface area contributed by atoms with Crippen LogP contribution in [0.5, 0.6) is 5.88 Å². The standard InChI is InChI=1S/C24H19NO3S/c1-16(13-21(26)20-12-11-17-7-5-6-10-19(17)14-20)24(27)28-22-15-29-23(25-22)18-8-3-2-4-9-18/h2-12,14-16H,13H2,1H3. The van der Waals surface area contributed by atoms with E-state index in [1.54, 1.807) is 18.4 Å². The van der Waals surface area contributed by atoms with Crippen LogP contribution in [0.2, 0.25) is 0 Å². The maximum Gasteiger partial charge on any atom is 0.315 e. The number of thiazole rings is 1. The Hall–Kier alpha value is -3.31. The summed E-state index contributed by atoms with van der Waals surface area (Å²) in [6.45, 7) is 1.70. The molecule has 29 heavy (non-hydrogen) atoms. The van der Waals surface area contributed by atoms with E-state index in [-0.39, 0.29) is 18.1 Å². The van der Waals surface area contributed by atoms with E-state index >= 15 is 0 Å². The second kappa shape index (κ2) is 8.37. The van der Waals surface area contributed by atoms with Crippen LogP contribution in [0.4, 0.5) is 0 Å². The number of fused-ring (bicyclic) bond motifs is 1. The molecule has 4 rings (SSSR count). The fourth-order valence-corrected chi connectivity index (χ4v) is 3.79. The van der Waals surface area contributed by atoms with Gasteiger partial charge in [-0.15, -0.1) is 11.3 Å². The number of carbonyl (C=O) groups is 2. The molecule has 0 spiro atoms. The van der Waals surface area contributed by atoms with Crippen molar-refractivity contribution in [2.24, 2.45) is 5.92 Å². The van der Waals surface area contributed by atoms with Crippen molar-refractivity contribution in [2.75, 3.05) is 0 Å². The van der Waals surface area contributed by atoms with Crippen LogP contribution >= 0.6 is 11.3 Å². The summed E-state index contributed by atoms with van der Waals surface area (Å²) in [6.07, 6.45) is 0.0901. The van der Waals surface area contributed by atoms with E-state index in [2.05, 4.69) is 4.98 Å². The van der Waals surface area contributed by atoms with Crippen molar-refractivity contribution in [2.45, 2.75) is 13.3 Å². The molecule has 1 unspecified atom stereocenters. The normalized spacial score (nSPS) is 11.9. The van der Waals surface area contributed by atoms with Gasteiger partial charge in [0.1, 0.15) is 5.01 Å². The zero-order chi connectivity index (χ0) is 20.2. The van der Waals surface area contributed by atoms with E-state index in [1.165, 1.54) is 11.3 Å². The highest BCUT2D eigenvalue weighted by Crippen LogP contribution is 2.27. The number of hydrogen-bond acceptors (Lipinski definition) is 5. The lowest BCUT2D eigenvalue weighted by Crippen LogP contribution is -2.21. The molecule has 0 fully saturated rings. The molecule has 0 amide bonds. The number of ketones is 1. The first kappa shape index (κ1) is 19.0. The predicted octanol–water partition coefficient (Wildman–Crippen LogP) is 5.78. The number of aromatic nitrogens is 1. The highest BCUT2D eigenvalue weighted by Gasteiger charge is 2.21. The van der Waals surface area contributed by atoms with E-state index in [9.17, 15) is 9.59 Å². The first-order chi connectivity index (χ1) is 14.1. The first-order valence-corrected chi connectivity index (χ1v) is 10.2. The van der Waals surface area contributed by atoms with Crippen molar-refractivity contribution in [3.05, 3.63) is 83.7 Å². The maximum atomic E-state index is 12.6. The predicted molar refractivity (Wildman–Crippen MR) is 115 cm³/mol. The van der Waals surface area contributed by atoms with Crippen molar-refractivity contribution < 1.29 is 14.3 Å². The monoisotopic (exact) mass is 401 g/mol. The largest absolute Gasteiger partial charge is 0.406 e. The van der Waals surface area contributed by atoms with Gasteiger partial charge in [-0.3, -0.25) is 9.59 Å². The summed E-state index contributed by atoms with van der Waals surface area (Å²) >= 11 is 1.41. The molecule has 0 aliphatic carbocycles. The third-order valence-electron chi connectivity index (χ3n) is 4.67. The Morgan fingerprint density at radius 2 is 1.69 bits per heavy atom. The lowest BCUT2D eigenvalue weighted by molar-refractivity contribution is -0.138. The average molecular weight is 401 g/mol. The van der Waals surface area contributed by atoms with E-state index in [1.807, 2.05) is 66.7 Å². The summed E-state index contributed by atoms with van der Waals surface area (Å²) in [5.41, 5.74) is 1.57. The van der Waals surface area contributed by atoms with Crippen molar-refractivity contribution in [1.29, 1.82) is 0 Å². The zero-order valence-electron chi connectivity index (χ0n) is 15.9. The molecule has 0 N–H and O–H groups in total. The number of carbonyl (C=O) groups excluding carboxylic acids is 2. The number of nitrogens with zero attached hydrogens (tertiary/aromatic N) is 1. The van der Waals surface area contributed by atoms with Gasteiger partial charge in [-0.25, -0.2) is 4.98 Å². The SMILES string of the molecule is CC(CC(=O)c1ccc2ccccc2c1)C(=O)Oc1csc(-c2ccccc2)n1. The molecule has 144 valence electrons. The Bertz CT molecular complexity index is 1170. The molecule has 0 saturated heterocycles. The molecule has 5 heteroatoms. The minimum atomic E-state index is -0.559. The third kappa shape index (κ3) is 4.41. The molecule has 4 nitrogen and oxygen atoms in total. The molecular weight excluding hydrogens is 382 g/mol. The van der Waals surface area contributed by atoms with Crippen LogP contribution in [-0.2, 0) is 4.79 Å². The van der Waals surface area contributed by atoms with E-state index in [0.717, 1.165) is 21.3 Å². The van der Waals surface area contributed by atoms with Gasteiger partial charge in [0.2, 0.25) is 5.88 Å². The number of ether oxygens (including phenoxy) is 1. The Morgan fingerprint density at radius 3 is 2.48 bits per heavy atom. The fraction of sp³-hybridized carbons (Fsp3) is 0.125. The van der Waals surface area contributed by atoms with E-state index in [0.29, 0.717) is 5.56 Å². The minimum absolute atomic E-state index is 0.0801. The highest BCUT2D eigenvalue weighted by molar-refractivity contribution is 7.13. The van der Waals surface area contributed by atoms with Crippen LogP contribution < -0.4 is 4.74 Å². The summed E-state index contributed by atoms with van der Waals surface area (Å²) in [5.74, 6) is -0.827. The molecular formula is C24H19NO3S. The Morgan fingerprint density at radius 1 is 0.966 bits per heavy atom. The van der Waals surface area contributed by atoms with Crippen molar-refractivity contribution in [3.63, 3.8) is 0 Å². The van der Waals surface area contributed by atoms with Crippen LogP contribution in [-0.4, -0.2) is 16.7 Å². The molecule has 0 bridgehead atoms. The van der Waals surface area contributed by atoms with Gasteiger partial charge < -0.3 is 4.74 Å². The number of rotatable bonds is 6. The summed E-state index contributed by atoms with van der Waals surface area (Å²) < 4.78 is 5.39. The summed E-state index contributed by atoms with van der Waals surface area (Å²) in [6, 6.07) is 23.2. The molecule has 0 aliphatic heterocycles. The Balaban J connectivity index is 1.40. The Labute approximate surface area is 172 Å². The van der Waals surface area contributed by atoms with Crippen LogP contribution in [0, 0.1) is 5.92 Å². The topological polar surface area (TPSA) is 56.3 Å². The molecule has 1 aromatic heterocycles. The van der Waals surface area contributed by atoms with Gasteiger partial charge in [-0.2, -0.15) is 0 Å². The lowest BCUT2D eigenvalue weighted by atomic mass is 9.98. The minimum Gasteiger partial charge on any atom is -0.406 e. The molecule has 4 aromatic rings. The fourth-order valence-electron chi connectivity index (χ4n) is 3.06. The van der Waals surface area contributed by atoms with Gasteiger partial charge >= 0.3 is 5.97 Å². The van der Waals surface area contributed by atoms with Crippen LogP contribution in [0.15, 0.2) is 78.2 Å². The molecule has 1 heterocycles. The van der Waals surface area contributed by atoms with Gasteiger partial charge in [0.05, 0.1) is 11.3 Å². The van der Waals surface area contributed by atoms with E-state index < -0.39 is 11.9 Å². The van der Waals surface area contributed by atoms with Crippen molar-refractivity contribution in [1.82, 2.24) is 4.98 Å². The van der Waals surface area contributed by atoms with E-state index in [4.69, 9.17) is 4.74 Å². The van der Waals surface area contributed by atoms with Gasteiger partial charge in [0.15, 0.2) is 5.78 Å². The number of esters is 1. The highest BCUT2D eigenvalue weighted by atomic mass is 32.1. The quantitative estimate of drug-likeness (QED) is 0.304. The average Bonchev–Trinajstić information content (AvgIpc) is 3.22. The second-order valence-corrected chi connectivity index (χ2v) is 7.73. The maximum absolute atomic E-state index is 12.6. The third-order valence-corrected chi connectivity index (χ3v) is 5.54. The first-order valence-electron chi connectivity index (χ1n) is 9.35. The van der Waals surface area contributed by atoms with Gasteiger partial charge in [-0.05, 0) is 16.8 Å². The molecule has 1 atom stereocenters. The Kier molecular flexibility index (Phi) is 5.49.